The topological polar surface area (TPSA) is 114 Å². The van der Waals surface area contributed by atoms with Crippen LogP contribution in [0.1, 0.15) is 39.0 Å². The minimum Gasteiger partial charge on any atom is -0.479 e. The Morgan fingerprint density at radius 1 is 1.21 bits per heavy atom. The van der Waals surface area contributed by atoms with Gasteiger partial charge < -0.3 is 14.8 Å². The first-order valence-electron chi connectivity index (χ1n) is 9.36. The van der Waals surface area contributed by atoms with Gasteiger partial charge in [0.2, 0.25) is 0 Å². The van der Waals surface area contributed by atoms with Gasteiger partial charge in [-0.3, -0.25) is 15.0 Å². The molecule has 2 N–H and O–H groups in total. The van der Waals surface area contributed by atoms with E-state index >= 15 is 0 Å². The molecule has 1 aliphatic heterocycles. The van der Waals surface area contributed by atoms with Gasteiger partial charge in [-0.05, 0) is 44.0 Å². The number of halogens is 1. The van der Waals surface area contributed by atoms with Crippen LogP contribution in [0.5, 0.6) is 5.75 Å². The second kappa shape index (κ2) is 8.46. The second-order valence-corrected chi connectivity index (χ2v) is 7.07. The number of hydrogen-bond acceptors (Lipinski definition) is 6. The van der Waals surface area contributed by atoms with Gasteiger partial charge in [-0.2, -0.15) is 5.01 Å². The van der Waals surface area contributed by atoms with Crippen molar-refractivity contribution in [1.29, 1.82) is 0 Å². The van der Waals surface area contributed by atoms with Gasteiger partial charge in [0.15, 0.2) is 12.7 Å². The number of rotatable bonds is 6. The first kappa shape index (κ1) is 20.6. The van der Waals surface area contributed by atoms with Gasteiger partial charge in [0.25, 0.3) is 11.8 Å². The molecule has 3 rings (SSSR count). The van der Waals surface area contributed by atoms with Gasteiger partial charge >= 0.3 is 12.0 Å². The molecule has 0 unspecified atom stereocenters. The molecule has 0 aromatic heterocycles. The molecule has 1 atom stereocenters. The number of esters is 1. The van der Waals surface area contributed by atoms with Crippen molar-refractivity contribution in [2.75, 3.05) is 6.61 Å². The molecule has 1 aromatic rings. The largest absolute Gasteiger partial charge is 0.479 e. The minimum absolute atomic E-state index is 0.261. The van der Waals surface area contributed by atoms with E-state index in [1.165, 1.54) is 31.2 Å². The van der Waals surface area contributed by atoms with Crippen LogP contribution in [-0.2, 0) is 19.1 Å². The van der Waals surface area contributed by atoms with Crippen molar-refractivity contribution >= 4 is 23.8 Å². The fraction of sp³-hybridized carbons (Fsp3) is 0.474. The molecular weight excluding hydrogens is 385 g/mol. The maximum atomic E-state index is 12.9. The quantitative estimate of drug-likeness (QED) is 0.545. The van der Waals surface area contributed by atoms with Crippen LogP contribution < -0.4 is 15.5 Å². The van der Waals surface area contributed by atoms with Gasteiger partial charge in [-0.15, -0.1) is 0 Å². The summed E-state index contributed by atoms with van der Waals surface area (Å²) in [6.45, 7) is 0.716. The first-order valence-corrected chi connectivity index (χ1v) is 9.36. The van der Waals surface area contributed by atoms with Crippen LogP contribution in [0, 0.1) is 5.82 Å². The first-order chi connectivity index (χ1) is 13.8. The average Bonchev–Trinajstić information content (AvgIpc) is 2.92. The summed E-state index contributed by atoms with van der Waals surface area (Å²) >= 11 is 0. The Morgan fingerprint density at radius 3 is 2.52 bits per heavy atom. The molecule has 1 spiro atoms. The van der Waals surface area contributed by atoms with Gasteiger partial charge in [-0.25, -0.2) is 14.0 Å². The molecule has 1 aromatic carbocycles. The van der Waals surface area contributed by atoms with Crippen molar-refractivity contribution in [3.05, 3.63) is 30.1 Å². The molecule has 0 bridgehead atoms. The molecule has 10 heteroatoms. The predicted molar refractivity (Wildman–Crippen MR) is 96.8 cm³/mol. The van der Waals surface area contributed by atoms with Gasteiger partial charge in [0.05, 0.1) is 0 Å². The summed E-state index contributed by atoms with van der Waals surface area (Å²) in [5.74, 6) is -2.35. The SMILES string of the molecule is C[C@@H](Oc1ccc(F)cc1)C(=O)OCC(=O)NN1C(=O)NC2(CCCCC2)C1=O. The smallest absolute Gasteiger partial charge is 0.347 e. The Labute approximate surface area is 166 Å². The minimum atomic E-state index is -1.05. The van der Waals surface area contributed by atoms with Crippen molar-refractivity contribution in [2.24, 2.45) is 0 Å². The molecule has 29 heavy (non-hydrogen) atoms. The Morgan fingerprint density at radius 2 is 1.86 bits per heavy atom. The third-order valence-corrected chi connectivity index (χ3v) is 4.91. The van der Waals surface area contributed by atoms with E-state index in [4.69, 9.17) is 9.47 Å². The maximum absolute atomic E-state index is 12.9. The number of imide groups is 1. The van der Waals surface area contributed by atoms with E-state index in [2.05, 4.69) is 10.7 Å². The van der Waals surface area contributed by atoms with Gasteiger partial charge in [0.1, 0.15) is 17.1 Å². The average molecular weight is 407 g/mol. The molecule has 2 fully saturated rings. The molecule has 1 saturated carbocycles. The van der Waals surface area contributed by atoms with Gasteiger partial charge in [0, 0.05) is 0 Å². The van der Waals surface area contributed by atoms with E-state index in [0.29, 0.717) is 17.9 Å². The molecular formula is C19H22FN3O6. The number of nitrogens with one attached hydrogen (secondary N) is 2. The fourth-order valence-corrected chi connectivity index (χ4v) is 3.39. The zero-order valence-corrected chi connectivity index (χ0v) is 15.9. The number of ether oxygens (including phenoxy) is 2. The predicted octanol–water partition coefficient (Wildman–Crippen LogP) is 1.42. The van der Waals surface area contributed by atoms with E-state index in [9.17, 15) is 23.6 Å². The Balaban J connectivity index is 1.47. The summed E-state index contributed by atoms with van der Waals surface area (Å²) in [7, 11) is 0. The highest BCUT2D eigenvalue weighted by atomic mass is 19.1. The van der Waals surface area contributed by atoms with Crippen molar-refractivity contribution in [3.8, 4) is 5.75 Å². The lowest BCUT2D eigenvalue weighted by Gasteiger charge is -2.30. The molecule has 1 saturated heterocycles. The Hall–Kier alpha value is -3.17. The summed E-state index contributed by atoms with van der Waals surface area (Å²) in [4.78, 5) is 48.7. The summed E-state index contributed by atoms with van der Waals surface area (Å²) in [5, 5.41) is 3.30. The van der Waals surface area contributed by atoms with E-state index in [-0.39, 0.29) is 5.75 Å². The number of benzene rings is 1. The van der Waals surface area contributed by atoms with E-state index < -0.39 is 47.9 Å². The van der Waals surface area contributed by atoms with Crippen LogP contribution in [0.15, 0.2) is 24.3 Å². The van der Waals surface area contributed by atoms with E-state index in [0.717, 1.165) is 19.3 Å². The molecule has 2 aliphatic rings. The summed E-state index contributed by atoms with van der Waals surface area (Å²) in [5.41, 5.74) is 1.21. The van der Waals surface area contributed by atoms with Crippen molar-refractivity contribution in [2.45, 2.75) is 50.7 Å². The van der Waals surface area contributed by atoms with Crippen LogP contribution >= 0.6 is 0 Å². The lowest BCUT2D eigenvalue weighted by Crippen LogP contribution is -2.51. The molecule has 1 heterocycles. The van der Waals surface area contributed by atoms with Crippen molar-refractivity contribution in [3.63, 3.8) is 0 Å². The number of hydrazine groups is 1. The molecule has 4 amide bonds. The third-order valence-electron chi connectivity index (χ3n) is 4.91. The van der Waals surface area contributed by atoms with Crippen LogP contribution in [-0.4, -0.2) is 47.1 Å². The fourth-order valence-electron chi connectivity index (χ4n) is 3.39. The van der Waals surface area contributed by atoms with Crippen LogP contribution in [0.4, 0.5) is 9.18 Å². The van der Waals surface area contributed by atoms with E-state index in [1.54, 1.807) is 0 Å². The highest BCUT2D eigenvalue weighted by Crippen LogP contribution is 2.32. The van der Waals surface area contributed by atoms with Crippen LogP contribution in [0.2, 0.25) is 0 Å². The number of amides is 4. The van der Waals surface area contributed by atoms with Crippen LogP contribution in [0.25, 0.3) is 0 Å². The summed E-state index contributed by atoms with van der Waals surface area (Å²) in [6, 6.07) is 4.36. The molecule has 156 valence electrons. The summed E-state index contributed by atoms with van der Waals surface area (Å²) in [6.07, 6.45) is 2.63. The highest BCUT2D eigenvalue weighted by molar-refractivity contribution is 6.08. The van der Waals surface area contributed by atoms with Gasteiger partial charge in [-0.1, -0.05) is 19.3 Å². The number of carbonyl (C=O) groups excluding carboxylic acids is 4. The van der Waals surface area contributed by atoms with Crippen molar-refractivity contribution in [1.82, 2.24) is 15.8 Å². The number of hydrogen-bond donors (Lipinski definition) is 2. The zero-order valence-electron chi connectivity index (χ0n) is 15.9. The molecule has 1 aliphatic carbocycles. The lowest BCUT2D eigenvalue weighted by atomic mass is 9.82. The monoisotopic (exact) mass is 407 g/mol. The van der Waals surface area contributed by atoms with E-state index in [1.807, 2.05) is 0 Å². The number of nitrogens with zero attached hydrogens (tertiary/aromatic N) is 1. The highest BCUT2D eigenvalue weighted by Gasteiger charge is 2.52. The zero-order chi connectivity index (χ0) is 21.0. The normalized spacial score (nSPS) is 18.9. The second-order valence-electron chi connectivity index (χ2n) is 7.07. The van der Waals surface area contributed by atoms with Crippen molar-refractivity contribution < 1.29 is 33.0 Å². The number of urea groups is 1. The Bertz CT molecular complexity index is 807. The maximum Gasteiger partial charge on any atom is 0.347 e. The Kier molecular flexibility index (Phi) is 6.00. The third kappa shape index (κ3) is 4.64. The van der Waals surface area contributed by atoms with Crippen LogP contribution in [0.3, 0.4) is 0 Å². The molecule has 0 radical (unpaired) electrons. The lowest BCUT2D eigenvalue weighted by molar-refractivity contribution is -0.156. The standard InChI is InChI=1S/C19H22FN3O6/c1-12(29-14-7-5-13(20)6-8-14)16(25)28-11-15(24)22-23-17(26)19(21-18(23)27)9-3-2-4-10-19/h5-8,12H,2-4,9-11H2,1H3,(H,21,27)(H,22,24)/t12-/m1/s1. The number of carbonyl (C=O) groups is 4. The summed E-state index contributed by atoms with van der Waals surface area (Å²) < 4.78 is 23.0. The molecule has 9 nitrogen and oxygen atoms in total.